The van der Waals surface area contributed by atoms with Gasteiger partial charge in [0.1, 0.15) is 11.5 Å². The molecule has 3 aromatic rings. The normalized spacial score (nSPS) is 14.9. The van der Waals surface area contributed by atoms with Gasteiger partial charge in [-0.15, -0.1) is 0 Å². The van der Waals surface area contributed by atoms with Crippen LogP contribution in [0.3, 0.4) is 0 Å². The lowest BCUT2D eigenvalue weighted by Gasteiger charge is -2.34. The SMILES string of the molecule is CCOc1ccc(OCC(=O)N2CCN(Cc3cc4ccccn4n3)CC2)cc1. The van der Waals surface area contributed by atoms with Crippen molar-refractivity contribution in [1.29, 1.82) is 0 Å². The lowest BCUT2D eigenvalue weighted by atomic mass is 10.2. The smallest absolute Gasteiger partial charge is 0.260 e. The highest BCUT2D eigenvalue weighted by Gasteiger charge is 2.22. The minimum absolute atomic E-state index is 0.0197. The predicted octanol–water partition coefficient (Wildman–Crippen LogP) is 2.46. The van der Waals surface area contributed by atoms with Crippen molar-refractivity contribution < 1.29 is 14.3 Å². The first-order chi connectivity index (χ1) is 14.2. The van der Waals surface area contributed by atoms with E-state index in [1.807, 2.05) is 58.9 Å². The molecule has 0 bridgehead atoms. The lowest BCUT2D eigenvalue weighted by molar-refractivity contribution is -0.135. The van der Waals surface area contributed by atoms with Crippen molar-refractivity contribution in [2.75, 3.05) is 39.4 Å². The molecule has 2 aromatic heterocycles. The molecule has 3 heterocycles. The summed E-state index contributed by atoms with van der Waals surface area (Å²) in [5.41, 5.74) is 2.15. The van der Waals surface area contributed by atoms with Gasteiger partial charge in [0, 0.05) is 38.9 Å². The number of rotatable bonds is 7. The summed E-state index contributed by atoms with van der Waals surface area (Å²) in [6.45, 7) is 6.51. The first-order valence-corrected chi connectivity index (χ1v) is 10.0. The molecule has 7 nitrogen and oxygen atoms in total. The van der Waals surface area contributed by atoms with Gasteiger partial charge in [0.15, 0.2) is 6.61 Å². The second-order valence-corrected chi connectivity index (χ2v) is 7.06. The van der Waals surface area contributed by atoms with Gasteiger partial charge < -0.3 is 14.4 Å². The number of pyridine rings is 1. The number of carbonyl (C=O) groups is 1. The Kier molecular flexibility index (Phi) is 5.95. The Bertz CT molecular complexity index is 913. The first-order valence-electron chi connectivity index (χ1n) is 10.0. The molecule has 1 fully saturated rings. The lowest BCUT2D eigenvalue weighted by Crippen LogP contribution is -2.49. The number of hydrogen-bond acceptors (Lipinski definition) is 5. The minimum Gasteiger partial charge on any atom is -0.494 e. The van der Waals surface area contributed by atoms with Crippen LogP contribution in [0, 0.1) is 0 Å². The highest BCUT2D eigenvalue weighted by molar-refractivity contribution is 5.77. The molecule has 0 N–H and O–H groups in total. The third kappa shape index (κ3) is 4.86. The summed E-state index contributed by atoms with van der Waals surface area (Å²) in [4.78, 5) is 16.7. The van der Waals surface area contributed by atoms with Crippen LogP contribution in [-0.4, -0.2) is 64.7 Å². The summed E-state index contributed by atoms with van der Waals surface area (Å²) >= 11 is 0. The van der Waals surface area contributed by atoms with E-state index < -0.39 is 0 Å². The van der Waals surface area contributed by atoms with Gasteiger partial charge in [0.2, 0.25) is 0 Å². The third-order valence-corrected chi connectivity index (χ3v) is 5.03. The molecule has 4 rings (SSSR count). The molecule has 152 valence electrons. The van der Waals surface area contributed by atoms with Crippen molar-refractivity contribution in [1.82, 2.24) is 19.4 Å². The Morgan fingerprint density at radius 1 is 1.00 bits per heavy atom. The zero-order valence-electron chi connectivity index (χ0n) is 16.7. The van der Waals surface area contributed by atoms with E-state index in [9.17, 15) is 4.79 Å². The minimum atomic E-state index is 0.0197. The summed E-state index contributed by atoms with van der Waals surface area (Å²) in [6.07, 6.45) is 1.96. The van der Waals surface area contributed by atoms with Gasteiger partial charge in [-0.3, -0.25) is 9.69 Å². The number of amides is 1. The Balaban J connectivity index is 1.23. The van der Waals surface area contributed by atoms with E-state index in [0.717, 1.165) is 36.6 Å². The van der Waals surface area contributed by atoms with Crippen LogP contribution in [0.4, 0.5) is 0 Å². The number of benzene rings is 1. The molecule has 1 saturated heterocycles. The summed E-state index contributed by atoms with van der Waals surface area (Å²) < 4.78 is 12.9. The van der Waals surface area contributed by atoms with Crippen LogP contribution in [0.15, 0.2) is 54.7 Å². The largest absolute Gasteiger partial charge is 0.494 e. The average molecular weight is 394 g/mol. The Morgan fingerprint density at radius 3 is 2.41 bits per heavy atom. The van der Waals surface area contributed by atoms with Crippen molar-refractivity contribution >= 4 is 11.4 Å². The maximum Gasteiger partial charge on any atom is 0.260 e. The second kappa shape index (κ2) is 8.96. The number of hydrogen-bond donors (Lipinski definition) is 0. The second-order valence-electron chi connectivity index (χ2n) is 7.06. The Labute approximate surface area is 170 Å². The number of fused-ring (bicyclic) bond motifs is 1. The van der Waals surface area contributed by atoms with Gasteiger partial charge in [0.25, 0.3) is 5.91 Å². The van der Waals surface area contributed by atoms with E-state index in [1.54, 1.807) is 0 Å². The van der Waals surface area contributed by atoms with E-state index in [1.165, 1.54) is 0 Å². The van der Waals surface area contributed by atoms with Crippen LogP contribution in [-0.2, 0) is 11.3 Å². The molecule has 1 aliphatic rings. The van der Waals surface area contributed by atoms with Crippen LogP contribution >= 0.6 is 0 Å². The van der Waals surface area contributed by atoms with Gasteiger partial charge in [-0.05, 0) is 49.4 Å². The molecule has 0 spiro atoms. The number of aromatic nitrogens is 2. The quantitative estimate of drug-likeness (QED) is 0.616. The van der Waals surface area contributed by atoms with Gasteiger partial charge in [-0.2, -0.15) is 5.10 Å². The summed E-state index contributed by atoms with van der Waals surface area (Å²) in [6, 6.07) is 15.5. The molecule has 0 saturated carbocycles. The number of carbonyl (C=O) groups excluding carboxylic acids is 1. The maximum absolute atomic E-state index is 12.5. The van der Waals surface area contributed by atoms with E-state index in [-0.39, 0.29) is 12.5 Å². The monoisotopic (exact) mass is 394 g/mol. The zero-order chi connectivity index (χ0) is 20.1. The van der Waals surface area contributed by atoms with Gasteiger partial charge >= 0.3 is 0 Å². The molecule has 29 heavy (non-hydrogen) atoms. The number of nitrogens with zero attached hydrogens (tertiary/aromatic N) is 4. The van der Waals surface area contributed by atoms with Gasteiger partial charge in [-0.25, -0.2) is 4.52 Å². The van der Waals surface area contributed by atoms with Crippen molar-refractivity contribution in [3.05, 3.63) is 60.4 Å². The molecule has 0 unspecified atom stereocenters. The average Bonchev–Trinajstić information content (AvgIpc) is 3.16. The molecular weight excluding hydrogens is 368 g/mol. The molecule has 0 atom stereocenters. The van der Waals surface area contributed by atoms with Crippen LogP contribution in [0.2, 0.25) is 0 Å². The van der Waals surface area contributed by atoms with Gasteiger partial charge in [-0.1, -0.05) is 6.07 Å². The predicted molar refractivity (Wildman–Crippen MR) is 110 cm³/mol. The highest BCUT2D eigenvalue weighted by atomic mass is 16.5. The molecule has 0 radical (unpaired) electrons. The first kappa shape index (κ1) is 19.3. The molecule has 1 amide bonds. The highest BCUT2D eigenvalue weighted by Crippen LogP contribution is 2.18. The van der Waals surface area contributed by atoms with E-state index >= 15 is 0 Å². The molecule has 0 aliphatic carbocycles. The molecule has 1 aliphatic heterocycles. The fraction of sp³-hybridized carbons (Fsp3) is 0.364. The molecule has 7 heteroatoms. The van der Waals surface area contributed by atoms with E-state index in [4.69, 9.17) is 9.47 Å². The van der Waals surface area contributed by atoms with Crippen molar-refractivity contribution in [2.24, 2.45) is 0 Å². The van der Waals surface area contributed by atoms with Crippen molar-refractivity contribution in [2.45, 2.75) is 13.5 Å². The van der Waals surface area contributed by atoms with Crippen LogP contribution < -0.4 is 9.47 Å². The maximum atomic E-state index is 12.5. The molecular formula is C22H26N4O3. The van der Waals surface area contributed by atoms with E-state index in [2.05, 4.69) is 22.1 Å². The fourth-order valence-electron chi connectivity index (χ4n) is 3.49. The Hall–Kier alpha value is -3.06. The van der Waals surface area contributed by atoms with Gasteiger partial charge in [0.05, 0.1) is 17.8 Å². The Morgan fingerprint density at radius 2 is 1.72 bits per heavy atom. The number of piperazine rings is 1. The van der Waals surface area contributed by atoms with Crippen LogP contribution in [0.1, 0.15) is 12.6 Å². The zero-order valence-corrected chi connectivity index (χ0v) is 16.7. The fourth-order valence-corrected chi connectivity index (χ4v) is 3.49. The summed E-state index contributed by atoms with van der Waals surface area (Å²) in [5, 5.41) is 4.61. The third-order valence-electron chi connectivity index (χ3n) is 5.03. The number of ether oxygens (including phenoxy) is 2. The van der Waals surface area contributed by atoms with Crippen molar-refractivity contribution in [3.8, 4) is 11.5 Å². The van der Waals surface area contributed by atoms with Crippen LogP contribution in [0.5, 0.6) is 11.5 Å². The summed E-state index contributed by atoms with van der Waals surface area (Å²) in [5.74, 6) is 1.49. The summed E-state index contributed by atoms with van der Waals surface area (Å²) in [7, 11) is 0. The van der Waals surface area contributed by atoms with Crippen molar-refractivity contribution in [3.63, 3.8) is 0 Å². The topological polar surface area (TPSA) is 59.3 Å². The van der Waals surface area contributed by atoms with E-state index in [0.29, 0.717) is 25.4 Å². The molecule has 1 aromatic carbocycles. The van der Waals surface area contributed by atoms with Crippen LogP contribution in [0.25, 0.3) is 5.52 Å². The standard InChI is InChI=1S/C22H26N4O3/c1-2-28-20-6-8-21(9-7-20)29-17-22(27)25-13-11-24(12-14-25)16-18-15-19-5-3-4-10-26(19)23-18/h3-10,15H,2,11-14,16-17H2,1H3.